The Balaban J connectivity index is 2.74. The van der Waals surface area contributed by atoms with E-state index < -0.39 is 0 Å². The molecular weight excluding hydrogens is 244 g/mol. The van der Waals surface area contributed by atoms with Crippen molar-refractivity contribution in [3.63, 3.8) is 0 Å². The van der Waals surface area contributed by atoms with Crippen LogP contribution in [0.2, 0.25) is 0 Å². The van der Waals surface area contributed by atoms with Crippen LogP contribution in [-0.4, -0.2) is 33.9 Å². The molecule has 0 saturated carbocycles. The Kier molecular flexibility index (Phi) is 6.74. The number of anilines is 1. The van der Waals surface area contributed by atoms with E-state index in [0.717, 1.165) is 17.8 Å². The minimum absolute atomic E-state index is 0.340. The molecule has 0 fully saturated rings. The molecule has 0 atom stereocenters. The first-order valence-electron chi connectivity index (χ1n) is 6.18. The molecule has 0 bridgehead atoms. The van der Waals surface area contributed by atoms with Crippen LogP contribution in [-0.2, 0) is 9.47 Å². The van der Waals surface area contributed by atoms with Gasteiger partial charge in [-0.3, -0.25) is 0 Å². The van der Waals surface area contributed by atoms with Crippen LogP contribution in [0.15, 0.2) is 29.4 Å². The Morgan fingerprint density at radius 2 is 1.89 bits per heavy atom. The fourth-order valence-corrected chi connectivity index (χ4v) is 1.89. The van der Waals surface area contributed by atoms with E-state index in [1.54, 1.807) is 14.2 Å². The molecular formula is C13H20N4O2. The van der Waals surface area contributed by atoms with Gasteiger partial charge in [0, 0.05) is 50.0 Å². The summed E-state index contributed by atoms with van der Waals surface area (Å²) >= 11 is 0. The van der Waals surface area contributed by atoms with Crippen LogP contribution in [0.25, 0.3) is 10.4 Å². The monoisotopic (exact) mass is 264 g/mol. The van der Waals surface area contributed by atoms with E-state index in [2.05, 4.69) is 21.8 Å². The summed E-state index contributed by atoms with van der Waals surface area (Å²) < 4.78 is 10.4. The Hall–Kier alpha value is -1.75. The van der Waals surface area contributed by atoms with Gasteiger partial charge in [0.2, 0.25) is 0 Å². The minimum atomic E-state index is -0.340. The van der Waals surface area contributed by atoms with E-state index in [0.29, 0.717) is 13.1 Å². The number of hydrogen-bond donors (Lipinski definition) is 0. The number of ether oxygens (including phenoxy) is 2. The molecule has 104 valence electrons. The lowest BCUT2D eigenvalue weighted by Gasteiger charge is -2.23. The predicted molar refractivity (Wildman–Crippen MR) is 75.1 cm³/mol. The number of hydrogen-bond acceptors (Lipinski definition) is 4. The van der Waals surface area contributed by atoms with Crippen molar-refractivity contribution in [2.24, 2.45) is 5.11 Å². The van der Waals surface area contributed by atoms with Crippen molar-refractivity contribution in [2.75, 3.05) is 38.8 Å². The van der Waals surface area contributed by atoms with Crippen molar-refractivity contribution < 1.29 is 9.47 Å². The number of azide groups is 1. The first kappa shape index (κ1) is 15.3. The molecule has 19 heavy (non-hydrogen) atoms. The third-order valence-electron chi connectivity index (χ3n) is 2.87. The molecule has 1 aromatic carbocycles. The third kappa shape index (κ3) is 4.44. The highest BCUT2D eigenvalue weighted by Crippen LogP contribution is 2.21. The van der Waals surface area contributed by atoms with Gasteiger partial charge in [0.05, 0.1) is 0 Å². The van der Waals surface area contributed by atoms with Crippen molar-refractivity contribution in [2.45, 2.75) is 13.2 Å². The van der Waals surface area contributed by atoms with E-state index in [1.807, 2.05) is 24.3 Å². The highest BCUT2D eigenvalue weighted by atomic mass is 16.7. The lowest BCUT2D eigenvalue weighted by molar-refractivity contribution is -0.106. The van der Waals surface area contributed by atoms with E-state index in [1.165, 1.54) is 0 Å². The number of rotatable bonds is 8. The molecule has 0 aliphatic heterocycles. The van der Waals surface area contributed by atoms with Gasteiger partial charge in [-0.25, -0.2) is 0 Å². The molecule has 0 radical (unpaired) electrons. The van der Waals surface area contributed by atoms with Gasteiger partial charge in [-0.15, -0.1) is 0 Å². The largest absolute Gasteiger partial charge is 0.372 e. The molecule has 6 nitrogen and oxygen atoms in total. The average molecular weight is 264 g/mol. The van der Waals surface area contributed by atoms with Gasteiger partial charge in [-0.2, -0.15) is 0 Å². The van der Waals surface area contributed by atoms with Gasteiger partial charge in [-0.05, 0) is 24.6 Å². The average Bonchev–Trinajstić information content (AvgIpc) is 2.46. The quantitative estimate of drug-likeness (QED) is 0.313. The standard InChI is InChI=1S/C13H20N4O2/c1-4-17(10-9-15-16-14)12-7-5-11(6-8-12)13(18-2)19-3/h5-8,13H,4,9-10H2,1-3H3. The maximum Gasteiger partial charge on any atom is 0.183 e. The summed E-state index contributed by atoms with van der Waals surface area (Å²) in [6, 6.07) is 7.98. The summed E-state index contributed by atoms with van der Waals surface area (Å²) in [6.45, 7) is 4.10. The molecule has 6 heteroatoms. The van der Waals surface area contributed by atoms with Gasteiger partial charge in [0.1, 0.15) is 0 Å². The maximum atomic E-state index is 8.29. The summed E-state index contributed by atoms with van der Waals surface area (Å²) in [5.74, 6) is 0. The predicted octanol–water partition coefficient (Wildman–Crippen LogP) is 3.11. The molecule has 0 N–H and O–H groups in total. The Morgan fingerprint density at radius 1 is 1.26 bits per heavy atom. The van der Waals surface area contributed by atoms with Crippen LogP contribution in [0.3, 0.4) is 0 Å². The van der Waals surface area contributed by atoms with E-state index in [4.69, 9.17) is 15.0 Å². The number of nitrogens with zero attached hydrogens (tertiary/aromatic N) is 4. The third-order valence-corrected chi connectivity index (χ3v) is 2.87. The molecule has 0 spiro atoms. The second kappa shape index (κ2) is 8.37. The van der Waals surface area contributed by atoms with Gasteiger partial charge in [-0.1, -0.05) is 17.2 Å². The van der Waals surface area contributed by atoms with Crippen LogP contribution in [0.5, 0.6) is 0 Å². The zero-order chi connectivity index (χ0) is 14.1. The SMILES string of the molecule is CCN(CCN=[N+]=[N-])c1ccc(C(OC)OC)cc1. The molecule has 0 amide bonds. The summed E-state index contributed by atoms with van der Waals surface area (Å²) in [5, 5.41) is 3.56. The van der Waals surface area contributed by atoms with Crippen molar-refractivity contribution in [3.05, 3.63) is 40.3 Å². The van der Waals surface area contributed by atoms with Crippen molar-refractivity contribution in [3.8, 4) is 0 Å². The molecule has 0 aromatic heterocycles. The van der Waals surface area contributed by atoms with Crippen LogP contribution < -0.4 is 4.90 Å². The Morgan fingerprint density at radius 3 is 2.37 bits per heavy atom. The van der Waals surface area contributed by atoms with Crippen LogP contribution in [0.1, 0.15) is 18.8 Å². The lowest BCUT2D eigenvalue weighted by Crippen LogP contribution is -2.25. The molecule has 0 aliphatic carbocycles. The fourth-order valence-electron chi connectivity index (χ4n) is 1.89. The number of benzene rings is 1. The molecule has 0 saturated heterocycles. The minimum Gasteiger partial charge on any atom is -0.372 e. The highest BCUT2D eigenvalue weighted by Gasteiger charge is 2.09. The van der Waals surface area contributed by atoms with Crippen LogP contribution >= 0.6 is 0 Å². The molecule has 0 aliphatic rings. The summed E-state index contributed by atoms with van der Waals surface area (Å²) in [4.78, 5) is 4.91. The first-order chi connectivity index (χ1) is 9.26. The van der Waals surface area contributed by atoms with Gasteiger partial charge < -0.3 is 14.4 Å². The summed E-state index contributed by atoms with van der Waals surface area (Å²) in [5.41, 5.74) is 10.3. The first-order valence-corrected chi connectivity index (χ1v) is 6.18. The van der Waals surface area contributed by atoms with Crippen LogP contribution in [0.4, 0.5) is 5.69 Å². The second-order valence-electron chi connectivity index (χ2n) is 3.93. The maximum absolute atomic E-state index is 8.29. The Bertz CT molecular complexity index is 411. The topological polar surface area (TPSA) is 70.5 Å². The molecule has 0 heterocycles. The van der Waals surface area contributed by atoms with Crippen molar-refractivity contribution in [1.82, 2.24) is 0 Å². The second-order valence-corrected chi connectivity index (χ2v) is 3.93. The molecule has 0 unspecified atom stereocenters. The number of likely N-dealkylation sites (N-methyl/N-ethyl adjacent to an activating group) is 1. The highest BCUT2D eigenvalue weighted by molar-refractivity contribution is 5.47. The zero-order valence-electron chi connectivity index (χ0n) is 11.6. The van der Waals surface area contributed by atoms with Crippen molar-refractivity contribution >= 4 is 5.69 Å². The smallest absolute Gasteiger partial charge is 0.183 e. The fraction of sp³-hybridized carbons (Fsp3) is 0.538. The van der Waals surface area contributed by atoms with E-state index in [9.17, 15) is 0 Å². The molecule has 1 aromatic rings. The number of methoxy groups -OCH3 is 2. The van der Waals surface area contributed by atoms with Gasteiger partial charge >= 0.3 is 0 Å². The zero-order valence-corrected chi connectivity index (χ0v) is 11.6. The van der Waals surface area contributed by atoms with Gasteiger partial charge in [0.15, 0.2) is 6.29 Å². The normalized spacial score (nSPS) is 10.3. The van der Waals surface area contributed by atoms with E-state index in [-0.39, 0.29) is 6.29 Å². The van der Waals surface area contributed by atoms with E-state index >= 15 is 0 Å². The molecule has 1 rings (SSSR count). The summed E-state index contributed by atoms with van der Waals surface area (Å²) in [7, 11) is 3.22. The van der Waals surface area contributed by atoms with Crippen LogP contribution in [0, 0.1) is 0 Å². The Labute approximate surface area is 113 Å². The van der Waals surface area contributed by atoms with Gasteiger partial charge in [0.25, 0.3) is 0 Å². The summed E-state index contributed by atoms with van der Waals surface area (Å²) in [6.07, 6.45) is -0.340. The lowest BCUT2D eigenvalue weighted by atomic mass is 10.2. The van der Waals surface area contributed by atoms with Crippen molar-refractivity contribution in [1.29, 1.82) is 0 Å².